The second-order valence-electron chi connectivity index (χ2n) is 5.94. The largest absolute Gasteiger partial charge is 0.354 e. The van der Waals surface area contributed by atoms with Gasteiger partial charge < -0.3 is 4.74 Å². The molecule has 1 aromatic heterocycles. The summed E-state index contributed by atoms with van der Waals surface area (Å²) in [7, 11) is 0. The van der Waals surface area contributed by atoms with E-state index in [4.69, 9.17) is 16.3 Å². The van der Waals surface area contributed by atoms with Gasteiger partial charge in [0.1, 0.15) is 29.7 Å². The number of epoxide rings is 1. The zero-order valence-electron chi connectivity index (χ0n) is 13.7. The fourth-order valence-electron chi connectivity index (χ4n) is 3.12. The first-order valence-corrected chi connectivity index (χ1v) is 9.45. The van der Waals surface area contributed by atoms with Crippen LogP contribution in [-0.2, 0) is 16.9 Å². The summed E-state index contributed by atoms with van der Waals surface area (Å²) >= 11 is 7.37. The maximum atomic E-state index is 14.5. The average Bonchev–Trinajstić information content (AvgIpc) is 3.17. The molecule has 2 heterocycles. The summed E-state index contributed by atoms with van der Waals surface area (Å²) in [4.78, 5) is 4.19. The number of halogens is 3. The lowest BCUT2D eigenvalue weighted by atomic mass is 9.91. The van der Waals surface area contributed by atoms with E-state index in [1.807, 2.05) is 6.26 Å². The van der Waals surface area contributed by atoms with Gasteiger partial charge in [-0.15, -0.1) is 0 Å². The lowest BCUT2D eigenvalue weighted by Gasteiger charge is -2.15. The Bertz CT molecular complexity index is 950. The van der Waals surface area contributed by atoms with E-state index in [0.717, 1.165) is 5.56 Å². The Hall–Kier alpha value is -1.96. The molecule has 4 nitrogen and oxygen atoms in total. The Morgan fingerprint density at radius 3 is 2.73 bits per heavy atom. The van der Waals surface area contributed by atoms with Crippen molar-refractivity contribution in [3.05, 3.63) is 76.6 Å². The van der Waals surface area contributed by atoms with Crippen LogP contribution in [0.4, 0.5) is 8.78 Å². The minimum atomic E-state index is -0.864. The number of aromatic nitrogens is 3. The zero-order chi connectivity index (χ0) is 18.3. The number of benzene rings is 2. The average molecular weight is 394 g/mol. The van der Waals surface area contributed by atoms with Crippen molar-refractivity contribution in [2.45, 2.75) is 23.4 Å². The van der Waals surface area contributed by atoms with Crippen LogP contribution < -0.4 is 0 Å². The number of rotatable bonds is 5. The van der Waals surface area contributed by atoms with Crippen molar-refractivity contribution in [1.29, 1.82) is 0 Å². The van der Waals surface area contributed by atoms with Gasteiger partial charge in [0.2, 0.25) is 0 Å². The molecule has 2 aromatic carbocycles. The normalized spacial score (nSPS) is 21.8. The van der Waals surface area contributed by atoms with Crippen molar-refractivity contribution in [2.75, 3.05) is 6.26 Å². The minimum Gasteiger partial charge on any atom is -0.354 e. The Kier molecular flexibility index (Phi) is 4.46. The first-order chi connectivity index (χ1) is 12.5. The molecule has 2 atom stereocenters. The fraction of sp³-hybridized carbons (Fsp3) is 0.222. The fourth-order valence-corrected chi connectivity index (χ4v) is 3.78. The topological polar surface area (TPSA) is 43.2 Å². The van der Waals surface area contributed by atoms with E-state index in [1.165, 1.54) is 36.3 Å². The lowest BCUT2D eigenvalue weighted by molar-refractivity contribution is 0.256. The second-order valence-corrected chi connectivity index (χ2v) is 7.12. The van der Waals surface area contributed by atoms with Crippen LogP contribution in [0.2, 0.25) is 5.02 Å². The molecule has 3 aromatic rings. The molecule has 0 radical (unpaired) electrons. The molecule has 134 valence electrons. The molecule has 0 spiro atoms. The van der Waals surface area contributed by atoms with Crippen molar-refractivity contribution in [3.8, 4) is 0 Å². The van der Waals surface area contributed by atoms with Gasteiger partial charge >= 0.3 is 0 Å². The SMILES string of the molecule is CSc1ncnn1C[C@]1(c2ccc(F)cc2)O[C@@H]1c1cccc(Cl)c1F. The van der Waals surface area contributed by atoms with Crippen molar-refractivity contribution in [3.63, 3.8) is 0 Å². The molecule has 1 aliphatic rings. The van der Waals surface area contributed by atoms with E-state index in [1.54, 1.807) is 28.9 Å². The summed E-state index contributed by atoms with van der Waals surface area (Å²) in [6.45, 7) is 0.325. The zero-order valence-corrected chi connectivity index (χ0v) is 15.3. The first kappa shape index (κ1) is 17.5. The van der Waals surface area contributed by atoms with Crippen LogP contribution in [0.3, 0.4) is 0 Å². The van der Waals surface area contributed by atoms with Crippen LogP contribution in [0, 0.1) is 11.6 Å². The molecule has 1 fully saturated rings. The maximum Gasteiger partial charge on any atom is 0.185 e. The summed E-state index contributed by atoms with van der Waals surface area (Å²) in [5.74, 6) is -0.854. The van der Waals surface area contributed by atoms with Crippen molar-refractivity contribution in [1.82, 2.24) is 14.8 Å². The molecule has 0 N–H and O–H groups in total. The molecular weight excluding hydrogens is 380 g/mol. The van der Waals surface area contributed by atoms with Gasteiger partial charge in [0.05, 0.1) is 11.6 Å². The highest BCUT2D eigenvalue weighted by Gasteiger charge is 2.60. The molecular formula is C18H14ClF2N3OS. The van der Waals surface area contributed by atoms with Gasteiger partial charge in [-0.1, -0.05) is 47.6 Å². The van der Waals surface area contributed by atoms with Gasteiger partial charge in [0.15, 0.2) is 5.16 Å². The molecule has 26 heavy (non-hydrogen) atoms. The summed E-state index contributed by atoms with van der Waals surface area (Å²) in [6.07, 6.45) is 2.81. The first-order valence-electron chi connectivity index (χ1n) is 7.85. The predicted octanol–water partition coefficient (Wildman–Crippen LogP) is 4.60. The Labute approximate surface area is 158 Å². The molecule has 1 saturated heterocycles. The summed E-state index contributed by atoms with van der Waals surface area (Å²) in [5.41, 5.74) is 0.246. The number of nitrogens with zero attached hydrogens (tertiary/aromatic N) is 3. The highest BCUT2D eigenvalue weighted by molar-refractivity contribution is 7.98. The molecule has 0 unspecified atom stereocenters. The Balaban J connectivity index is 1.77. The van der Waals surface area contributed by atoms with E-state index in [-0.39, 0.29) is 10.8 Å². The second kappa shape index (κ2) is 6.64. The molecule has 0 aliphatic carbocycles. The van der Waals surface area contributed by atoms with E-state index in [0.29, 0.717) is 17.3 Å². The number of hydrogen-bond acceptors (Lipinski definition) is 4. The van der Waals surface area contributed by atoms with Gasteiger partial charge in [-0.25, -0.2) is 18.4 Å². The number of ether oxygens (including phenoxy) is 1. The third-order valence-corrected chi connectivity index (χ3v) is 5.41. The monoisotopic (exact) mass is 393 g/mol. The quantitative estimate of drug-likeness (QED) is 0.469. The van der Waals surface area contributed by atoms with Gasteiger partial charge in [0, 0.05) is 5.56 Å². The highest BCUT2D eigenvalue weighted by atomic mass is 35.5. The van der Waals surface area contributed by atoms with Gasteiger partial charge in [-0.05, 0) is 30.0 Å². The predicted molar refractivity (Wildman–Crippen MR) is 95.1 cm³/mol. The van der Waals surface area contributed by atoms with Crippen LogP contribution >= 0.6 is 23.4 Å². The summed E-state index contributed by atoms with van der Waals surface area (Å²) in [6, 6.07) is 10.8. The van der Waals surface area contributed by atoms with Gasteiger partial charge in [-0.3, -0.25) is 0 Å². The summed E-state index contributed by atoms with van der Waals surface area (Å²) < 4.78 is 35.6. The standard InChI is InChI=1S/C18H14ClF2N3OS/c1-26-17-22-10-23-24(17)9-18(11-5-7-12(20)8-6-11)16(25-18)13-3-2-4-14(19)15(13)21/h2-8,10,16H,9H2,1H3/t16-,18-/m1/s1. The molecule has 1 aliphatic heterocycles. The third kappa shape index (κ3) is 2.90. The van der Waals surface area contributed by atoms with Crippen LogP contribution in [0.1, 0.15) is 17.2 Å². The van der Waals surface area contributed by atoms with Gasteiger partial charge in [0.25, 0.3) is 0 Å². The molecule has 0 amide bonds. The Morgan fingerprint density at radius 2 is 2.00 bits per heavy atom. The van der Waals surface area contributed by atoms with E-state index >= 15 is 0 Å². The molecule has 4 rings (SSSR count). The molecule has 0 saturated carbocycles. The Morgan fingerprint density at radius 1 is 1.23 bits per heavy atom. The van der Waals surface area contributed by atoms with E-state index in [2.05, 4.69) is 10.1 Å². The number of hydrogen-bond donors (Lipinski definition) is 0. The smallest absolute Gasteiger partial charge is 0.185 e. The molecule has 0 bridgehead atoms. The third-order valence-electron chi connectivity index (χ3n) is 4.44. The van der Waals surface area contributed by atoms with Crippen molar-refractivity contribution < 1.29 is 13.5 Å². The van der Waals surface area contributed by atoms with E-state index < -0.39 is 17.5 Å². The van der Waals surface area contributed by atoms with Crippen LogP contribution in [-0.4, -0.2) is 21.0 Å². The lowest BCUT2D eigenvalue weighted by Crippen LogP contribution is -2.21. The minimum absolute atomic E-state index is 0.0385. The highest BCUT2D eigenvalue weighted by Crippen LogP contribution is 2.59. The van der Waals surface area contributed by atoms with Crippen LogP contribution in [0.25, 0.3) is 0 Å². The van der Waals surface area contributed by atoms with Gasteiger partial charge in [-0.2, -0.15) is 5.10 Å². The van der Waals surface area contributed by atoms with Crippen molar-refractivity contribution in [2.24, 2.45) is 0 Å². The van der Waals surface area contributed by atoms with E-state index in [9.17, 15) is 8.78 Å². The van der Waals surface area contributed by atoms with Crippen molar-refractivity contribution >= 4 is 23.4 Å². The van der Waals surface area contributed by atoms with Crippen LogP contribution in [0.5, 0.6) is 0 Å². The number of thioether (sulfide) groups is 1. The van der Waals surface area contributed by atoms with Crippen LogP contribution in [0.15, 0.2) is 53.9 Å². The maximum absolute atomic E-state index is 14.5. The molecule has 8 heteroatoms. The summed E-state index contributed by atoms with van der Waals surface area (Å²) in [5, 5.41) is 4.99.